The lowest BCUT2D eigenvalue weighted by Gasteiger charge is -2.42. The van der Waals surface area contributed by atoms with Crippen LogP contribution in [0.3, 0.4) is 0 Å². The van der Waals surface area contributed by atoms with E-state index in [-0.39, 0.29) is 18.0 Å². The van der Waals surface area contributed by atoms with Crippen molar-refractivity contribution in [3.05, 3.63) is 55.0 Å². The second-order valence-corrected chi connectivity index (χ2v) is 7.51. The highest BCUT2D eigenvalue weighted by Crippen LogP contribution is 2.38. The molecular weight excluding hydrogens is 362 g/mol. The Morgan fingerprint density at radius 1 is 1.07 bits per heavy atom. The zero-order valence-electron chi connectivity index (χ0n) is 17.2. The van der Waals surface area contributed by atoms with Gasteiger partial charge in [-0.25, -0.2) is 9.97 Å². The summed E-state index contributed by atoms with van der Waals surface area (Å²) in [5.41, 5.74) is 3.71. The largest absolute Gasteiger partial charge is 0.340 e. The summed E-state index contributed by atoms with van der Waals surface area (Å²) >= 11 is 0. The number of pyridine rings is 1. The van der Waals surface area contributed by atoms with E-state index in [0.29, 0.717) is 5.82 Å². The highest BCUT2D eigenvalue weighted by molar-refractivity contribution is 6.04. The van der Waals surface area contributed by atoms with Crippen LogP contribution in [0, 0.1) is 0 Å². The fourth-order valence-corrected chi connectivity index (χ4v) is 3.94. The van der Waals surface area contributed by atoms with Gasteiger partial charge in [-0.05, 0) is 31.9 Å². The van der Waals surface area contributed by atoms with E-state index < -0.39 is 0 Å². The molecule has 1 atom stereocenters. The number of amides is 1. The van der Waals surface area contributed by atoms with Gasteiger partial charge in [-0.1, -0.05) is 37.3 Å². The highest BCUT2D eigenvalue weighted by atomic mass is 16.2. The fraction of sp³-hybridized carbons (Fsp3) is 0.304. The van der Waals surface area contributed by atoms with Gasteiger partial charge in [-0.2, -0.15) is 0 Å². The Kier molecular flexibility index (Phi) is 5.01. The summed E-state index contributed by atoms with van der Waals surface area (Å²) in [6, 6.07) is 12.0. The minimum absolute atomic E-state index is 0.0823. The van der Waals surface area contributed by atoms with E-state index in [2.05, 4.69) is 40.8 Å². The lowest BCUT2D eigenvalue weighted by atomic mass is 10.0. The molecule has 6 heteroatoms. The van der Waals surface area contributed by atoms with Crippen LogP contribution in [0.15, 0.2) is 55.0 Å². The molecule has 0 bridgehead atoms. The van der Waals surface area contributed by atoms with Crippen LogP contribution in [-0.4, -0.2) is 40.0 Å². The molecule has 3 aromatic rings. The molecule has 0 aliphatic carbocycles. The summed E-state index contributed by atoms with van der Waals surface area (Å²) in [5.74, 6) is 1.52. The van der Waals surface area contributed by atoms with Crippen molar-refractivity contribution in [3.63, 3.8) is 0 Å². The van der Waals surface area contributed by atoms with Crippen LogP contribution >= 0.6 is 0 Å². The zero-order valence-corrected chi connectivity index (χ0v) is 17.2. The summed E-state index contributed by atoms with van der Waals surface area (Å²) in [7, 11) is 1.80. The van der Waals surface area contributed by atoms with Gasteiger partial charge in [0, 0.05) is 36.6 Å². The molecule has 1 aromatic carbocycles. The van der Waals surface area contributed by atoms with Gasteiger partial charge < -0.3 is 9.80 Å². The van der Waals surface area contributed by atoms with Crippen LogP contribution in [0.25, 0.3) is 22.5 Å². The van der Waals surface area contributed by atoms with Gasteiger partial charge in [0.05, 0.1) is 6.20 Å². The van der Waals surface area contributed by atoms with Crippen molar-refractivity contribution in [1.82, 2.24) is 15.0 Å². The highest BCUT2D eigenvalue weighted by Gasteiger charge is 2.38. The fourth-order valence-electron chi connectivity index (χ4n) is 3.94. The molecule has 2 aromatic heterocycles. The lowest BCUT2D eigenvalue weighted by molar-refractivity contribution is -0.120. The van der Waals surface area contributed by atoms with Crippen molar-refractivity contribution in [2.45, 2.75) is 39.3 Å². The quantitative estimate of drug-likeness (QED) is 0.672. The Morgan fingerprint density at radius 3 is 2.52 bits per heavy atom. The smallest absolute Gasteiger partial charge is 0.249 e. The van der Waals surface area contributed by atoms with Crippen LogP contribution in [-0.2, 0) is 4.79 Å². The number of hydrogen-bond donors (Lipinski definition) is 0. The van der Waals surface area contributed by atoms with Crippen LogP contribution in [0.4, 0.5) is 11.5 Å². The third kappa shape index (κ3) is 3.24. The zero-order chi connectivity index (χ0) is 20.5. The number of carbonyl (C=O) groups excluding carboxylic acids is 1. The van der Waals surface area contributed by atoms with E-state index in [4.69, 9.17) is 4.98 Å². The first-order valence-electron chi connectivity index (χ1n) is 9.95. The predicted octanol–water partition coefficient (Wildman–Crippen LogP) is 4.18. The normalized spacial score (nSPS) is 16.3. The standard InChI is InChI=1S/C23H25N5O/c1-5-19-23(29)27(4)20-14-25-21(26-22(20)28(19)15(2)3)17-11-12-24-13-18(17)16-9-7-6-8-10-16/h6-15,19H,5H2,1-4H3/t19-/m1/s1. The molecular formula is C23H25N5O. The third-order valence-corrected chi connectivity index (χ3v) is 5.40. The number of hydrogen-bond acceptors (Lipinski definition) is 5. The molecule has 0 N–H and O–H groups in total. The summed E-state index contributed by atoms with van der Waals surface area (Å²) in [6.45, 7) is 6.22. The Labute approximate surface area is 171 Å². The SMILES string of the molecule is CC[C@@H]1C(=O)N(C)c2cnc(-c3ccncc3-c3ccccc3)nc2N1C(C)C. The van der Waals surface area contributed by atoms with Crippen molar-refractivity contribution in [3.8, 4) is 22.5 Å². The van der Waals surface area contributed by atoms with Crippen molar-refractivity contribution >= 4 is 17.4 Å². The molecule has 0 saturated carbocycles. The molecule has 29 heavy (non-hydrogen) atoms. The minimum Gasteiger partial charge on any atom is -0.340 e. The Hall–Kier alpha value is -3.28. The molecule has 0 fully saturated rings. The first-order chi connectivity index (χ1) is 14.0. The van der Waals surface area contributed by atoms with Gasteiger partial charge in [-0.15, -0.1) is 0 Å². The average molecular weight is 387 g/mol. The van der Waals surface area contributed by atoms with Crippen LogP contribution in [0.5, 0.6) is 0 Å². The summed E-state index contributed by atoms with van der Waals surface area (Å²) in [5, 5.41) is 0. The number of rotatable bonds is 4. The maximum absolute atomic E-state index is 12.8. The van der Waals surface area contributed by atoms with E-state index in [1.165, 1.54) is 0 Å². The molecule has 148 valence electrons. The first kappa shape index (κ1) is 19.1. The maximum Gasteiger partial charge on any atom is 0.249 e. The monoisotopic (exact) mass is 387 g/mol. The number of nitrogens with zero attached hydrogens (tertiary/aromatic N) is 5. The summed E-state index contributed by atoms with van der Waals surface area (Å²) in [4.78, 5) is 30.5. The minimum atomic E-state index is -0.221. The van der Waals surface area contributed by atoms with Crippen molar-refractivity contribution < 1.29 is 4.79 Å². The van der Waals surface area contributed by atoms with E-state index in [1.54, 1.807) is 24.3 Å². The third-order valence-electron chi connectivity index (χ3n) is 5.40. The molecule has 1 aliphatic rings. The van der Waals surface area contributed by atoms with E-state index in [1.807, 2.05) is 37.4 Å². The number of fused-ring (bicyclic) bond motifs is 1. The molecule has 6 nitrogen and oxygen atoms in total. The van der Waals surface area contributed by atoms with E-state index in [9.17, 15) is 4.79 Å². The van der Waals surface area contributed by atoms with Gasteiger partial charge in [0.2, 0.25) is 5.91 Å². The summed E-state index contributed by atoms with van der Waals surface area (Å²) < 4.78 is 0. The van der Waals surface area contributed by atoms with E-state index in [0.717, 1.165) is 34.6 Å². The second kappa shape index (κ2) is 7.62. The van der Waals surface area contributed by atoms with Gasteiger partial charge >= 0.3 is 0 Å². The van der Waals surface area contributed by atoms with Gasteiger partial charge in [-0.3, -0.25) is 9.78 Å². The Balaban J connectivity index is 1.88. The number of anilines is 2. The average Bonchev–Trinajstić information content (AvgIpc) is 2.76. The Bertz CT molecular complexity index is 1030. The van der Waals surface area contributed by atoms with E-state index >= 15 is 0 Å². The molecule has 0 radical (unpaired) electrons. The Morgan fingerprint density at radius 2 is 1.83 bits per heavy atom. The molecule has 0 spiro atoms. The van der Waals surface area contributed by atoms with Crippen LogP contribution in [0.1, 0.15) is 27.2 Å². The molecule has 0 saturated heterocycles. The molecule has 1 aliphatic heterocycles. The van der Waals surface area contributed by atoms with Crippen molar-refractivity contribution in [1.29, 1.82) is 0 Å². The number of benzene rings is 1. The van der Waals surface area contributed by atoms with Crippen molar-refractivity contribution in [2.75, 3.05) is 16.8 Å². The van der Waals surface area contributed by atoms with Gasteiger partial charge in [0.15, 0.2) is 11.6 Å². The molecule has 3 heterocycles. The van der Waals surface area contributed by atoms with Gasteiger partial charge in [0.1, 0.15) is 11.7 Å². The number of likely N-dealkylation sites (N-methyl/N-ethyl adjacent to an activating group) is 1. The van der Waals surface area contributed by atoms with Crippen LogP contribution < -0.4 is 9.80 Å². The van der Waals surface area contributed by atoms with Crippen LogP contribution in [0.2, 0.25) is 0 Å². The first-order valence-corrected chi connectivity index (χ1v) is 9.95. The molecule has 1 amide bonds. The summed E-state index contributed by atoms with van der Waals surface area (Å²) in [6.07, 6.45) is 6.09. The number of aromatic nitrogens is 3. The number of carbonyl (C=O) groups is 1. The molecule has 0 unspecified atom stereocenters. The molecule has 4 rings (SSSR count). The maximum atomic E-state index is 12.8. The predicted molar refractivity (Wildman–Crippen MR) is 116 cm³/mol. The van der Waals surface area contributed by atoms with Gasteiger partial charge in [0.25, 0.3) is 0 Å². The topological polar surface area (TPSA) is 62.2 Å². The van der Waals surface area contributed by atoms with Crippen molar-refractivity contribution in [2.24, 2.45) is 0 Å². The second-order valence-electron chi connectivity index (χ2n) is 7.51. The lowest BCUT2D eigenvalue weighted by Crippen LogP contribution is -2.54.